The minimum atomic E-state index is 0.279. The second kappa shape index (κ2) is 5.25. The fraction of sp³-hybridized carbons (Fsp3) is 0.176. The van der Waals surface area contributed by atoms with Crippen molar-refractivity contribution in [2.75, 3.05) is 6.61 Å². The zero-order valence-corrected chi connectivity index (χ0v) is 13.5. The van der Waals surface area contributed by atoms with Crippen LogP contribution in [0.1, 0.15) is 18.4 Å². The summed E-state index contributed by atoms with van der Waals surface area (Å²) in [6.45, 7) is 2.79. The summed E-state index contributed by atoms with van der Waals surface area (Å²) in [5.74, 6) is 2.70. The zero-order valence-electron chi connectivity index (χ0n) is 11.9. The first kappa shape index (κ1) is 13.5. The molecule has 1 aliphatic rings. The van der Waals surface area contributed by atoms with Crippen molar-refractivity contribution in [3.05, 3.63) is 52.9 Å². The normalized spacial score (nSPS) is 16.4. The Hall–Kier alpha value is -2.14. The highest BCUT2D eigenvalue weighted by Crippen LogP contribution is 2.46. The van der Waals surface area contributed by atoms with Gasteiger partial charge in [0.25, 0.3) is 0 Å². The fourth-order valence-electron chi connectivity index (χ4n) is 2.74. The van der Waals surface area contributed by atoms with Crippen molar-refractivity contribution in [3.8, 4) is 17.2 Å². The Kier molecular flexibility index (Phi) is 3.22. The van der Waals surface area contributed by atoms with E-state index < -0.39 is 0 Å². The number of nitrogens with zero attached hydrogens (tertiary/aromatic N) is 2. The first-order valence-electron chi connectivity index (χ1n) is 7.05. The van der Waals surface area contributed by atoms with Crippen LogP contribution < -0.4 is 9.47 Å². The number of hydrogen-bond acceptors (Lipinski definition) is 4. The first-order valence-corrected chi connectivity index (χ1v) is 7.84. The summed E-state index contributed by atoms with van der Waals surface area (Å²) in [6, 6.07) is 9.75. The molecule has 0 amide bonds. The molecular formula is C17H13BrN2O2. The van der Waals surface area contributed by atoms with Crippen LogP contribution in [-0.4, -0.2) is 16.6 Å². The Morgan fingerprint density at radius 2 is 2.23 bits per heavy atom. The van der Waals surface area contributed by atoms with Crippen molar-refractivity contribution < 1.29 is 9.47 Å². The molecule has 1 unspecified atom stereocenters. The molecule has 1 atom stereocenters. The number of aromatic nitrogens is 2. The van der Waals surface area contributed by atoms with Crippen molar-refractivity contribution in [2.45, 2.75) is 12.8 Å². The molecule has 5 heteroatoms. The highest BCUT2D eigenvalue weighted by molar-refractivity contribution is 9.10. The Labute approximate surface area is 136 Å². The van der Waals surface area contributed by atoms with Gasteiger partial charge in [-0.1, -0.05) is 28.9 Å². The zero-order chi connectivity index (χ0) is 15.1. The van der Waals surface area contributed by atoms with Gasteiger partial charge in [-0.05, 0) is 18.2 Å². The van der Waals surface area contributed by atoms with E-state index in [0.29, 0.717) is 6.61 Å². The molecule has 1 aromatic heterocycles. The van der Waals surface area contributed by atoms with Gasteiger partial charge < -0.3 is 9.47 Å². The molecule has 2 aromatic carbocycles. The highest BCUT2D eigenvalue weighted by Gasteiger charge is 2.28. The third-order valence-corrected chi connectivity index (χ3v) is 4.25. The second-order valence-electron chi connectivity index (χ2n) is 5.34. The molecule has 110 valence electrons. The average molecular weight is 357 g/mol. The number of ether oxygens (including phenoxy) is 2. The molecule has 0 saturated heterocycles. The number of benzene rings is 2. The fourth-order valence-corrected chi connectivity index (χ4v) is 3.12. The number of halogens is 1. The number of fused-ring (bicyclic) bond motifs is 3. The molecule has 1 aliphatic heterocycles. The van der Waals surface area contributed by atoms with Crippen LogP contribution in [-0.2, 0) is 0 Å². The van der Waals surface area contributed by atoms with Gasteiger partial charge in [-0.25, -0.2) is 9.97 Å². The van der Waals surface area contributed by atoms with Crippen LogP contribution >= 0.6 is 15.9 Å². The van der Waals surface area contributed by atoms with Gasteiger partial charge in [0.05, 0.1) is 17.5 Å². The maximum atomic E-state index is 6.11. The third-order valence-electron chi connectivity index (χ3n) is 3.76. The minimum absolute atomic E-state index is 0.279. The van der Waals surface area contributed by atoms with E-state index in [9.17, 15) is 0 Å². The van der Waals surface area contributed by atoms with E-state index in [2.05, 4.69) is 32.8 Å². The average Bonchev–Trinajstić information content (AvgIpc) is 2.90. The van der Waals surface area contributed by atoms with Crippen molar-refractivity contribution in [1.82, 2.24) is 9.97 Å². The van der Waals surface area contributed by atoms with Crippen molar-refractivity contribution in [2.24, 2.45) is 0 Å². The lowest BCUT2D eigenvalue weighted by molar-refractivity contribution is 0.340. The largest absolute Gasteiger partial charge is 0.492 e. The van der Waals surface area contributed by atoms with E-state index in [1.165, 1.54) is 6.33 Å². The van der Waals surface area contributed by atoms with Gasteiger partial charge in [-0.3, -0.25) is 0 Å². The summed E-state index contributed by atoms with van der Waals surface area (Å²) in [6.07, 6.45) is 3.33. The summed E-state index contributed by atoms with van der Waals surface area (Å²) in [7, 11) is 0. The topological polar surface area (TPSA) is 44.2 Å². The summed E-state index contributed by atoms with van der Waals surface area (Å²) >= 11 is 3.46. The van der Waals surface area contributed by atoms with E-state index >= 15 is 0 Å². The lowest BCUT2D eigenvalue weighted by atomic mass is 10.00. The van der Waals surface area contributed by atoms with Gasteiger partial charge in [0.15, 0.2) is 0 Å². The second-order valence-corrected chi connectivity index (χ2v) is 6.26. The predicted molar refractivity (Wildman–Crippen MR) is 87.7 cm³/mol. The number of rotatable bonds is 2. The van der Waals surface area contributed by atoms with Crippen LogP contribution in [0.2, 0.25) is 0 Å². The lowest BCUT2D eigenvalue weighted by Crippen LogP contribution is -1.96. The van der Waals surface area contributed by atoms with Gasteiger partial charge >= 0.3 is 0 Å². The van der Waals surface area contributed by atoms with E-state index in [1.54, 1.807) is 6.20 Å². The molecule has 4 rings (SSSR count). The smallest absolute Gasteiger partial charge is 0.137 e. The monoisotopic (exact) mass is 356 g/mol. The Morgan fingerprint density at radius 1 is 1.32 bits per heavy atom. The highest BCUT2D eigenvalue weighted by atomic mass is 79.9. The molecule has 0 saturated carbocycles. The number of hydrogen-bond donors (Lipinski definition) is 0. The quantitative estimate of drug-likeness (QED) is 0.668. The van der Waals surface area contributed by atoms with Gasteiger partial charge in [-0.2, -0.15) is 0 Å². The Bertz CT molecular complexity index is 866. The molecular weight excluding hydrogens is 344 g/mol. The van der Waals surface area contributed by atoms with E-state index in [0.717, 1.165) is 38.2 Å². The maximum Gasteiger partial charge on any atom is 0.137 e. The Balaban J connectivity index is 1.88. The molecule has 0 aliphatic carbocycles. The summed E-state index contributed by atoms with van der Waals surface area (Å²) in [5.41, 5.74) is 1.91. The van der Waals surface area contributed by atoms with Crippen LogP contribution in [0.5, 0.6) is 17.2 Å². The molecule has 0 radical (unpaired) electrons. The van der Waals surface area contributed by atoms with Crippen LogP contribution in [0.25, 0.3) is 10.9 Å². The molecule has 0 fully saturated rings. The molecule has 3 aromatic rings. The maximum absolute atomic E-state index is 6.11. The minimum Gasteiger partial charge on any atom is -0.492 e. The lowest BCUT2D eigenvalue weighted by Gasteiger charge is -2.13. The summed E-state index contributed by atoms with van der Waals surface area (Å²) in [5, 5.41) is 0.934. The summed E-state index contributed by atoms with van der Waals surface area (Å²) < 4.78 is 12.9. The van der Waals surface area contributed by atoms with Gasteiger partial charge in [0.1, 0.15) is 23.6 Å². The van der Waals surface area contributed by atoms with E-state index in [-0.39, 0.29) is 5.92 Å². The molecule has 0 spiro atoms. The molecule has 4 nitrogen and oxygen atoms in total. The molecule has 0 N–H and O–H groups in total. The molecule has 0 bridgehead atoms. The van der Waals surface area contributed by atoms with E-state index in [4.69, 9.17) is 9.47 Å². The van der Waals surface area contributed by atoms with E-state index in [1.807, 2.05) is 30.3 Å². The standard InChI is InChI=1S/C17H13BrN2O2/c1-10-8-21-17-13-7-19-9-20-14(13)6-15(16(10)17)22-12-4-2-3-11(18)5-12/h2-7,9-10H,8H2,1H3. The van der Waals surface area contributed by atoms with Crippen LogP contribution in [0.3, 0.4) is 0 Å². The third kappa shape index (κ3) is 2.22. The predicted octanol–water partition coefficient (Wildman–Crippen LogP) is 4.68. The molecule has 2 heterocycles. The van der Waals surface area contributed by atoms with Crippen LogP contribution in [0.4, 0.5) is 0 Å². The van der Waals surface area contributed by atoms with Crippen LogP contribution in [0, 0.1) is 0 Å². The first-order chi connectivity index (χ1) is 10.7. The van der Waals surface area contributed by atoms with Gasteiger partial charge in [-0.15, -0.1) is 0 Å². The SMILES string of the molecule is CC1COc2c1c(Oc1cccc(Br)c1)cc1ncncc21. The van der Waals surface area contributed by atoms with Gasteiger partial charge in [0.2, 0.25) is 0 Å². The molecule has 22 heavy (non-hydrogen) atoms. The Morgan fingerprint density at radius 3 is 3.09 bits per heavy atom. The van der Waals surface area contributed by atoms with Crippen molar-refractivity contribution in [1.29, 1.82) is 0 Å². The van der Waals surface area contributed by atoms with Crippen molar-refractivity contribution >= 4 is 26.8 Å². The van der Waals surface area contributed by atoms with Gasteiger partial charge in [0, 0.05) is 28.2 Å². The van der Waals surface area contributed by atoms with Crippen LogP contribution in [0.15, 0.2) is 47.3 Å². The summed E-state index contributed by atoms with van der Waals surface area (Å²) in [4.78, 5) is 8.43. The van der Waals surface area contributed by atoms with Crippen molar-refractivity contribution in [3.63, 3.8) is 0 Å².